The first-order valence-electron chi connectivity index (χ1n) is 4.97. The number of benzene rings is 1. The third-order valence-electron chi connectivity index (χ3n) is 2.17. The van der Waals surface area contributed by atoms with Crippen molar-refractivity contribution in [3.63, 3.8) is 0 Å². The van der Waals surface area contributed by atoms with E-state index in [1.807, 2.05) is 0 Å². The summed E-state index contributed by atoms with van der Waals surface area (Å²) in [6, 6.07) is 4.65. The van der Waals surface area contributed by atoms with Crippen molar-refractivity contribution in [3.05, 3.63) is 34.4 Å². The molecule has 0 aliphatic rings. The van der Waals surface area contributed by atoms with Gasteiger partial charge in [-0.1, -0.05) is 0 Å². The van der Waals surface area contributed by atoms with Gasteiger partial charge in [0.2, 0.25) is 0 Å². The lowest BCUT2D eigenvalue weighted by Crippen LogP contribution is -2.42. The number of nitro groups is 1. The minimum atomic E-state index is -2.25. The Bertz CT molecular complexity index is 499. The zero-order chi connectivity index (χ0) is 14.6. The molecular weight excluding hydrogens is 260 g/mol. The summed E-state index contributed by atoms with van der Waals surface area (Å²) in [6.45, 7) is 0. The fraction of sp³-hybridized carbons (Fsp3) is 0.200. The van der Waals surface area contributed by atoms with Gasteiger partial charge in [0.25, 0.3) is 11.6 Å². The van der Waals surface area contributed by atoms with Crippen LogP contribution in [-0.4, -0.2) is 44.3 Å². The van der Waals surface area contributed by atoms with Crippen LogP contribution in [0, 0.1) is 10.1 Å². The van der Waals surface area contributed by atoms with E-state index in [1.165, 1.54) is 12.1 Å². The highest BCUT2D eigenvalue weighted by atomic mass is 16.6. The Morgan fingerprint density at radius 3 is 2.11 bits per heavy atom. The molecule has 0 saturated carbocycles. The molecule has 102 valence electrons. The first-order valence-corrected chi connectivity index (χ1v) is 4.97. The Labute approximate surface area is 106 Å². The molecule has 0 aliphatic heterocycles. The Morgan fingerprint density at radius 1 is 1.16 bits per heavy atom. The zero-order valence-corrected chi connectivity index (χ0v) is 9.39. The van der Waals surface area contributed by atoms with Crippen molar-refractivity contribution >= 4 is 23.3 Å². The van der Waals surface area contributed by atoms with Gasteiger partial charge < -0.3 is 20.6 Å². The fourth-order valence-corrected chi connectivity index (χ4v) is 1.16. The van der Waals surface area contributed by atoms with Crippen LogP contribution in [0.4, 0.5) is 11.4 Å². The lowest BCUT2D eigenvalue weighted by molar-refractivity contribution is -0.384. The van der Waals surface area contributed by atoms with E-state index in [4.69, 9.17) is 10.2 Å². The summed E-state index contributed by atoms with van der Waals surface area (Å²) in [5.41, 5.74) is -0.0728. The molecule has 0 aromatic heterocycles. The van der Waals surface area contributed by atoms with E-state index in [2.05, 4.69) is 5.32 Å². The highest BCUT2D eigenvalue weighted by molar-refractivity contribution is 5.97. The Morgan fingerprint density at radius 2 is 1.68 bits per heavy atom. The van der Waals surface area contributed by atoms with Gasteiger partial charge >= 0.3 is 5.97 Å². The summed E-state index contributed by atoms with van der Waals surface area (Å²) < 4.78 is 0. The van der Waals surface area contributed by atoms with Gasteiger partial charge in [-0.3, -0.25) is 14.9 Å². The fourth-order valence-electron chi connectivity index (χ4n) is 1.16. The molecule has 1 aromatic carbocycles. The lowest BCUT2D eigenvalue weighted by Gasteiger charge is -2.13. The topological polar surface area (TPSA) is 150 Å². The second-order valence-electron chi connectivity index (χ2n) is 3.52. The highest BCUT2D eigenvalue weighted by Gasteiger charge is 2.30. The van der Waals surface area contributed by atoms with E-state index in [-0.39, 0.29) is 11.4 Å². The molecular formula is C10H10N2O7. The number of aliphatic hydroxyl groups is 2. The molecule has 0 spiro atoms. The maximum absolute atomic E-state index is 11.4. The first kappa shape index (κ1) is 14.5. The molecule has 1 amide bonds. The molecule has 9 nitrogen and oxygen atoms in total. The summed E-state index contributed by atoms with van der Waals surface area (Å²) in [5.74, 6) is -2.88. The number of rotatable bonds is 5. The number of amides is 1. The smallest absolute Gasteiger partial charge is 0.335 e. The normalized spacial score (nSPS) is 13.4. The molecule has 0 fully saturated rings. The Balaban J connectivity index is 2.71. The molecule has 0 saturated heterocycles. The van der Waals surface area contributed by atoms with Crippen molar-refractivity contribution in [2.45, 2.75) is 12.2 Å². The quantitative estimate of drug-likeness (QED) is 0.409. The van der Waals surface area contributed by atoms with Crippen molar-refractivity contribution in [1.82, 2.24) is 0 Å². The molecule has 2 atom stereocenters. The lowest BCUT2D eigenvalue weighted by atomic mass is 10.2. The van der Waals surface area contributed by atoms with Gasteiger partial charge in [-0.25, -0.2) is 4.79 Å². The highest BCUT2D eigenvalue weighted by Crippen LogP contribution is 2.15. The van der Waals surface area contributed by atoms with E-state index in [0.29, 0.717) is 0 Å². The molecule has 19 heavy (non-hydrogen) atoms. The number of aliphatic carboxylic acids is 1. The number of carboxylic acids is 1. The summed E-state index contributed by atoms with van der Waals surface area (Å²) in [4.78, 5) is 31.5. The van der Waals surface area contributed by atoms with Crippen LogP contribution in [0.1, 0.15) is 0 Å². The van der Waals surface area contributed by atoms with Crippen LogP contribution >= 0.6 is 0 Å². The van der Waals surface area contributed by atoms with Gasteiger partial charge in [-0.2, -0.15) is 0 Å². The van der Waals surface area contributed by atoms with Crippen LogP contribution in [0.3, 0.4) is 0 Å². The van der Waals surface area contributed by atoms with Gasteiger partial charge in [-0.15, -0.1) is 0 Å². The minimum absolute atomic E-state index is 0.118. The average Bonchev–Trinajstić information content (AvgIpc) is 2.37. The minimum Gasteiger partial charge on any atom is -0.479 e. The number of nitrogens with zero attached hydrogens (tertiary/aromatic N) is 1. The summed E-state index contributed by atoms with van der Waals surface area (Å²) in [5, 5.41) is 39.1. The van der Waals surface area contributed by atoms with Crippen LogP contribution in [0.25, 0.3) is 0 Å². The van der Waals surface area contributed by atoms with Crippen molar-refractivity contribution in [1.29, 1.82) is 0 Å². The first-order chi connectivity index (χ1) is 8.82. The monoisotopic (exact) mass is 270 g/mol. The van der Waals surface area contributed by atoms with Gasteiger partial charge in [0.1, 0.15) is 0 Å². The van der Waals surface area contributed by atoms with Crippen molar-refractivity contribution in [2.75, 3.05) is 5.32 Å². The van der Waals surface area contributed by atoms with E-state index in [9.17, 15) is 24.8 Å². The number of hydrogen-bond acceptors (Lipinski definition) is 6. The number of anilines is 1. The predicted octanol–water partition coefficient (Wildman–Crippen LogP) is -0.660. The third kappa shape index (κ3) is 3.72. The number of non-ortho nitro benzene ring substituents is 1. The molecule has 0 heterocycles. The largest absolute Gasteiger partial charge is 0.479 e. The molecule has 0 aliphatic carbocycles. The number of carbonyl (C=O) groups is 2. The second-order valence-corrected chi connectivity index (χ2v) is 3.52. The maximum atomic E-state index is 11.4. The Hall–Kier alpha value is -2.52. The molecule has 4 N–H and O–H groups in total. The summed E-state index contributed by atoms with van der Waals surface area (Å²) >= 11 is 0. The number of nitro benzene ring substituents is 1. The summed E-state index contributed by atoms with van der Waals surface area (Å²) in [7, 11) is 0. The maximum Gasteiger partial charge on any atom is 0.335 e. The van der Waals surface area contributed by atoms with Gasteiger partial charge in [0, 0.05) is 17.8 Å². The van der Waals surface area contributed by atoms with Crippen molar-refractivity contribution in [2.24, 2.45) is 0 Å². The average molecular weight is 270 g/mol. The number of hydrogen-bond donors (Lipinski definition) is 4. The van der Waals surface area contributed by atoms with Gasteiger partial charge in [0.05, 0.1) is 4.92 Å². The van der Waals surface area contributed by atoms with Gasteiger partial charge in [0.15, 0.2) is 12.2 Å². The molecule has 0 unspecified atom stereocenters. The van der Waals surface area contributed by atoms with Crippen LogP contribution in [0.5, 0.6) is 0 Å². The van der Waals surface area contributed by atoms with E-state index in [1.54, 1.807) is 0 Å². The molecule has 1 aromatic rings. The number of carbonyl (C=O) groups excluding carboxylic acids is 1. The predicted molar refractivity (Wildman–Crippen MR) is 61.4 cm³/mol. The molecule has 0 radical (unpaired) electrons. The zero-order valence-electron chi connectivity index (χ0n) is 9.39. The van der Waals surface area contributed by atoms with E-state index >= 15 is 0 Å². The second kappa shape index (κ2) is 5.89. The number of aliphatic hydroxyl groups excluding tert-OH is 2. The molecule has 0 bridgehead atoms. The molecule has 9 heteroatoms. The number of nitrogens with one attached hydrogen (secondary N) is 1. The van der Waals surface area contributed by atoms with Crippen LogP contribution in [-0.2, 0) is 9.59 Å². The van der Waals surface area contributed by atoms with Crippen LogP contribution in [0.2, 0.25) is 0 Å². The van der Waals surface area contributed by atoms with Crippen LogP contribution in [0.15, 0.2) is 24.3 Å². The standard InChI is InChI=1S/C10H10N2O7/c13-7(8(14)10(16)17)9(15)11-5-1-3-6(4-2-5)12(18)19/h1-4,7-8,13-14H,(H,11,15)(H,16,17)/t7-,8+/m1/s1. The van der Waals surface area contributed by atoms with Crippen LogP contribution < -0.4 is 5.32 Å². The van der Waals surface area contributed by atoms with E-state index < -0.39 is 29.0 Å². The van der Waals surface area contributed by atoms with E-state index in [0.717, 1.165) is 12.1 Å². The number of carboxylic acid groups (broad SMARTS) is 1. The van der Waals surface area contributed by atoms with Gasteiger partial charge in [-0.05, 0) is 12.1 Å². The third-order valence-corrected chi connectivity index (χ3v) is 2.17. The SMILES string of the molecule is O=C(O)[C@@H](O)[C@@H](O)C(=O)Nc1ccc([N+](=O)[O-])cc1. The summed E-state index contributed by atoms with van der Waals surface area (Å²) in [6.07, 6.45) is -4.40. The Kier molecular flexibility index (Phi) is 4.51. The van der Waals surface area contributed by atoms with Crippen molar-refractivity contribution in [3.8, 4) is 0 Å². The molecule has 1 rings (SSSR count). The van der Waals surface area contributed by atoms with Crippen molar-refractivity contribution < 1.29 is 29.8 Å².